The number of benzene rings is 2. The zero-order valence-corrected chi connectivity index (χ0v) is 16.1. The molecule has 2 aromatic heterocycles. The SMILES string of the molecule is COc1ccc(NC(=O)c2c(-c3ccc(C)cc3)nc3ccc(C)cn23)cc1. The number of aromatic nitrogens is 2. The third-order valence-corrected chi connectivity index (χ3v) is 4.65. The first-order chi connectivity index (χ1) is 13.5. The smallest absolute Gasteiger partial charge is 0.274 e. The quantitative estimate of drug-likeness (QED) is 0.556. The van der Waals surface area contributed by atoms with Gasteiger partial charge in [0.25, 0.3) is 5.91 Å². The van der Waals surface area contributed by atoms with Gasteiger partial charge in [0, 0.05) is 17.4 Å². The van der Waals surface area contributed by atoms with Gasteiger partial charge in [-0.25, -0.2) is 4.98 Å². The number of amides is 1. The number of rotatable bonds is 4. The third-order valence-electron chi connectivity index (χ3n) is 4.65. The van der Waals surface area contributed by atoms with E-state index < -0.39 is 0 Å². The van der Waals surface area contributed by atoms with E-state index in [1.807, 2.05) is 85.1 Å². The molecule has 2 aromatic carbocycles. The highest BCUT2D eigenvalue weighted by molar-refractivity contribution is 6.07. The third kappa shape index (κ3) is 3.34. The van der Waals surface area contributed by atoms with Gasteiger partial charge in [0.2, 0.25) is 0 Å². The van der Waals surface area contributed by atoms with E-state index in [9.17, 15) is 4.79 Å². The number of nitrogens with one attached hydrogen (secondary N) is 1. The predicted octanol–water partition coefficient (Wildman–Crippen LogP) is 4.88. The molecule has 2 heterocycles. The van der Waals surface area contributed by atoms with Gasteiger partial charge in [-0.15, -0.1) is 0 Å². The molecule has 1 amide bonds. The van der Waals surface area contributed by atoms with Crippen molar-refractivity contribution in [1.82, 2.24) is 9.38 Å². The zero-order valence-electron chi connectivity index (χ0n) is 16.1. The van der Waals surface area contributed by atoms with E-state index in [1.165, 1.54) is 0 Å². The molecule has 0 aliphatic rings. The Hall–Kier alpha value is -3.60. The van der Waals surface area contributed by atoms with E-state index in [0.29, 0.717) is 17.1 Å². The van der Waals surface area contributed by atoms with Gasteiger partial charge in [0.05, 0.1) is 7.11 Å². The standard InChI is InChI=1S/C23H21N3O2/c1-15-4-7-17(8-5-15)21-22(26-14-16(2)6-13-20(26)25-21)23(27)24-18-9-11-19(28-3)12-10-18/h4-14H,1-3H3,(H,24,27). The van der Waals surface area contributed by atoms with Gasteiger partial charge < -0.3 is 10.1 Å². The highest BCUT2D eigenvalue weighted by Crippen LogP contribution is 2.26. The molecular weight excluding hydrogens is 350 g/mol. The summed E-state index contributed by atoms with van der Waals surface area (Å²) in [6.45, 7) is 4.03. The minimum Gasteiger partial charge on any atom is -0.497 e. The molecule has 0 radical (unpaired) electrons. The minimum atomic E-state index is -0.209. The summed E-state index contributed by atoms with van der Waals surface area (Å²) >= 11 is 0. The maximum Gasteiger partial charge on any atom is 0.274 e. The van der Waals surface area contributed by atoms with Crippen LogP contribution in [0.1, 0.15) is 21.6 Å². The van der Waals surface area contributed by atoms with E-state index >= 15 is 0 Å². The molecule has 0 aliphatic carbocycles. The Morgan fingerprint density at radius 2 is 1.61 bits per heavy atom. The number of fused-ring (bicyclic) bond motifs is 1. The molecule has 0 saturated carbocycles. The maximum absolute atomic E-state index is 13.2. The molecule has 0 unspecified atom stereocenters. The summed E-state index contributed by atoms with van der Waals surface area (Å²) in [6.07, 6.45) is 1.93. The van der Waals surface area contributed by atoms with Crippen LogP contribution < -0.4 is 10.1 Å². The molecule has 0 spiro atoms. The first-order valence-electron chi connectivity index (χ1n) is 9.06. The van der Waals surface area contributed by atoms with Crippen LogP contribution in [0.3, 0.4) is 0 Å². The number of aryl methyl sites for hydroxylation is 2. The number of carbonyl (C=O) groups is 1. The lowest BCUT2D eigenvalue weighted by Crippen LogP contribution is -2.15. The van der Waals surface area contributed by atoms with Crippen LogP contribution in [0.4, 0.5) is 5.69 Å². The average molecular weight is 371 g/mol. The molecule has 28 heavy (non-hydrogen) atoms. The van der Waals surface area contributed by atoms with Crippen molar-refractivity contribution in [3.05, 3.63) is 83.7 Å². The van der Waals surface area contributed by atoms with Crippen LogP contribution >= 0.6 is 0 Å². The lowest BCUT2D eigenvalue weighted by atomic mass is 10.1. The van der Waals surface area contributed by atoms with E-state index in [2.05, 4.69) is 5.32 Å². The summed E-state index contributed by atoms with van der Waals surface area (Å²) in [5.41, 5.74) is 5.73. The number of hydrogen-bond donors (Lipinski definition) is 1. The number of pyridine rings is 1. The molecule has 0 saturated heterocycles. The van der Waals surface area contributed by atoms with Crippen LogP contribution in [0.15, 0.2) is 66.9 Å². The Morgan fingerprint density at radius 1 is 0.929 bits per heavy atom. The van der Waals surface area contributed by atoms with Gasteiger partial charge in [0.15, 0.2) is 0 Å². The number of nitrogens with zero attached hydrogens (tertiary/aromatic N) is 2. The molecule has 5 nitrogen and oxygen atoms in total. The van der Waals surface area contributed by atoms with Crippen molar-refractivity contribution in [3.8, 4) is 17.0 Å². The van der Waals surface area contributed by atoms with Crippen molar-refractivity contribution < 1.29 is 9.53 Å². The monoisotopic (exact) mass is 371 g/mol. The second kappa shape index (κ2) is 7.19. The fraction of sp³-hybridized carbons (Fsp3) is 0.130. The summed E-state index contributed by atoms with van der Waals surface area (Å²) < 4.78 is 7.03. The second-order valence-electron chi connectivity index (χ2n) is 6.79. The molecule has 4 rings (SSSR count). The highest BCUT2D eigenvalue weighted by Gasteiger charge is 2.21. The van der Waals surface area contributed by atoms with Crippen molar-refractivity contribution in [2.75, 3.05) is 12.4 Å². The fourth-order valence-corrected chi connectivity index (χ4v) is 3.15. The summed E-state index contributed by atoms with van der Waals surface area (Å²) in [5, 5.41) is 2.97. The van der Waals surface area contributed by atoms with Gasteiger partial charge in [0.1, 0.15) is 22.8 Å². The van der Waals surface area contributed by atoms with Gasteiger partial charge in [-0.05, 0) is 49.7 Å². The first kappa shape index (κ1) is 17.8. The van der Waals surface area contributed by atoms with E-state index in [-0.39, 0.29) is 5.91 Å². The van der Waals surface area contributed by atoms with Crippen LogP contribution in [0.2, 0.25) is 0 Å². The van der Waals surface area contributed by atoms with Crippen LogP contribution in [0.25, 0.3) is 16.9 Å². The Kier molecular flexibility index (Phi) is 4.57. The zero-order chi connectivity index (χ0) is 19.7. The Morgan fingerprint density at radius 3 is 2.29 bits per heavy atom. The molecule has 140 valence electrons. The van der Waals surface area contributed by atoms with Crippen LogP contribution in [0, 0.1) is 13.8 Å². The maximum atomic E-state index is 13.2. The van der Waals surface area contributed by atoms with E-state index in [0.717, 1.165) is 28.1 Å². The lowest BCUT2D eigenvalue weighted by Gasteiger charge is -2.09. The lowest BCUT2D eigenvalue weighted by molar-refractivity contribution is 0.102. The Balaban J connectivity index is 1.80. The fourth-order valence-electron chi connectivity index (χ4n) is 3.15. The summed E-state index contributed by atoms with van der Waals surface area (Å²) in [5.74, 6) is 0.530. The first-order valence-corrected chi connectivity index (χ1v) is 9.06. The Labute approximate surface area is 163 Å². The van der Waals surface area contributed by atoms with Crippen molar-refractivity contribution in [3.63, 3.8) is 0 Å². The van der Waals surface area contributed by atoms with Gasteiger partial charge in [-0.3, -0.25) is 9.20 Å². The van der Waals surface area contributed by atoms with Crippen LogP contribution in [0.5, 0.6) is 5.75 Å². The van der Waals surface area contributed by atoms with Crippen molar-refractivity contribution in [1.29, 1.82) is 0 Å². The summed E-state index contributed by atoms with van der Waals surface area (Å²) in [4.78, 5) is 17.9. The predicted molar refractivity (Wildman–Crippen MR) is 111 cm³/mol. The van der Waals surface area contributed by atoms with Gasteiger partial charge in [-0.1, -0.05) is 35.9 Å². The molecule has 4 aromatic rings. The number of anilines is 1. The molecule has 5 heteroatoms. The molecule has 0 aliphatic heterocycles. The van der Waals surface area contributed by atoms with Gasteiger partial charge in [-0.2, -0.15) is 0 Å². The minimum absolute atomic E-state index is 0.209. The molecule has 0 bridgehead atoms. The highest BCUT2D eigenvalue weighted by atomic mass is 16.5. The van der Waals surface area contributed by atoms with Crippen LogP contribution in [-0.4, -0.2) is 22.4 Å². The topological polar surface area (TPSA) is 55.6 Å². The largest absolute Gasteiger partial charge is 0.497 e. The Bertz CT molecular complexity index is 1140. The summed E-state index contributed by atoms with van der Waals surface area (Å²) in [6, 6.07) is 19.2. The van der Waals surface area contributed by atoms with Crippen LogP contribution in [-0.2, 0) is 0 Å². The molecule has 1 N–H and O–H groups in total. The normalized spacial score (nSPS) is 10.8. The van der Waals surface area contributed by atoms with E-state index in [4.69, 9.17) is 9.72 Å². The molecule has 0 atom stereocenters. The van der Waals surface area contributed by atoms with E-state index in [1.54, 1.807) is 7.11 Å². The second-order valence-corrected chi connectivity index (χ2v) is 6.79. The number of imidazole rings is 1. The van der Waals surface area contributed by atoms with Crippen molar-refractivity contribution in [2.45, 2.75) is 13.8 Å². The number of hydrogen-bond acceptors (Lipinski definition) is 3. The molecule has 0 fully saturated rings. The van der Waals surface area contributed by atoms with Crippen molar-refractivity contribution >= 4 is 17.2 Å². The van der Waals surface area contributed by atoms with Gasteiger partial charge >= 0.3 is 0 Å². The number of ether oxygens (including phenoxy) is 1. The average Bonchev–Trinajstić information content (AvgIpc) is 3.07. The van der Waals surface area contributed by atoms with Crippen molar-refractivity contribution in [2.24, 2.45) is 0 Å². The molecular formula is C23H21N3O2. The number of carbonyl (C=O) groups excluding carboxylic acids is 1. The summed E-state index contributed by atoms with van der Waals surface area (Å²) in [7, 11) is 1.61. The number of methoxy groups -OCH3 is 1.